The highest BCUT2D eigenvalue weighted by Crippen LogP contribution is 2.31. The lowest BCUT2D eigenvalue weighted by molar-refractivity contribution is 0.0694. The van der Waals surface area contributed by atoms with Crippen molar-refractivity contribution < 1.29 is 14.6 Å². The highest BCUT2D eigenvalue weighted by Gasteiger charge is 2.18. The number of thiophene rings is 1. The summed E-state index contributed by atoms with van der Waals surface area (Å²) in [6, 6.07) is 1.85. The van der Waals surface area contributed by atoms with Crippen molar-refractivity contribution in [3.05, 3.63) is 15.8 Å². The predicted octanol–water partition coefficient (Wildman–Crippen LogP) is 3.58. The van der Waals surface area contributed by atoms with Gasteiger partial charge in [0, 0.05) is 4.88 Å². The molecule has 0 saturated carbocycles. The Morgan fingerprint density at radius 3 is 2.50 bits per heavy atom. The molecule has 1 aromatic heterocycles. The first-order valence-electron chi connectivity index (χ1n) is 5.64. The number of ether oxygens (including phenoxy) is 1. The Morgan fingerprint density at radius 2 is 2.06 bits per heavy atom. The van der Waals surface area contributed by atoms with E-state index in [9.17, 15) is 4.79 Å². The molecular formula is C12H18O3S. The van der Waals surface area contributed by atoms with Gasteiger partial charge in [-0.3, -0.25) is 0 Å². The zero-order chi connectivity index (χ0) is 12.1. The minimum absolute atomic E-state index is 0.109. The maximum Gasteiger partial charge on any atom is 0.349 e. The molecule has 1 N–H and O–H groups in total. The maximum absolute atomic E-state index is 11.0. The van der Waals surface area contributed by atoms with Gasteiger partial charge in [-0.15, -0.1) is 11.3 Å². The van der Waals surface area contributed by atoms with Crippen LogP contribution in [-0.2, 0) is 6.42 Å². The number of carboxylic acids is 1. The molecule has 0 saturated heterocycles. The molecule has 0 amide bonds. The van der Waals surface area contributed by atoms with Crippen molar-refractivity contribution in [2.75, 3.05) is 0 Å². The van der Waals surface area contributed by atoms with Gasteiger partial charge in [0.1, 0.15) is 5.75 Å². The molecule has 0 aliphatic heterocycles. The lowest BCUT2D eigenvalue weighted by Gasteiger charge is -2.14. The summed E-state index contributed by atoms with van der Waals surface area (Å²) in [6.45, 7) is 6.10. The van der Waals surface area contributed by atoms with E-state index in [-0.39, 0.29) is 6.10 Å². The fraction of sp³-hybridized carbons (Fsp3) is 0.583. The maximum atomic E-state index is 11.0. The van der Waals surface area contributed by atoms with Gasteiger partial charge in [-0.2, -0.15) is 0 Å². The van der Waals surface area contributed by atoms with E-state index in [1.54, 1.807) is 0 Å². The minimum Gasteiger partial charge on any atom is -0.489 e. The molecule has 1 rings (SSSR count). The summed E-state index contributed by atoms with van der Waals surface area (Å²) in [7, 11) is 0. The van der Waals surface area contributed by atoms with Crippen molar-refractivity contribution in [3.8, 4) is 5.75 Å². The third-order valence-corrected chi connectivity index (χ3v) is 3.74. The summed E-state index contributed by atoms with van der Waals surface area (Å²) in [5, 5.41) is 9.06. The fourth-order valence-electron chi connectivity index (χ4n) is 1.47. The van der Waals surface area contributed by atoms with Crippen LogP contribution in [-0.4, -0.2) is 17.2 Å². The van der Waals surface area contributed by atoms with Crippen LogP contribution < -0.4 is 4.74 Å². The van der Waals surface area contributed by atoms with Crippen LogP contribution in [0.3, 0.4) is 0 Å². The molecule has 4 heteroatoms. The Labute approximate surface area is 100 Å². The van der Waals surface area contributed by atoms with E-state index in [0.717, 1.165) is 24.1 Å². The molecule has 1 aromatic rings. The molecule has 90 valence electrons. The third-order valence-electron chi connectivity index (χ3n) is 2.50. The quantitative estimate of drug-likeness (QED) is 0.829. The largest absolute Gasteiger partial charge is 0.489 e. The van der Waals surface area contributed by atoms with E-state index < -0.39 is 5.97 Å². The highest BCUT2D eigenvalue weighted by molar-refractivity contribution is 7.14. The Kier molecular flexibility index (Phi) is 4.80. The number of rotatable bonds is 6. The Hall–Kier alpha value is -1.03. The van der Waals surface area contributed by atoms with Crippen LogP contribution in [0.2, 0.25) is 0 Å². The lowest BCUT2D eigenvalue weighted by Crippen LogP contribution is -2.14. The van der Waals surface area contributed by atoms with Crippen LogP contribution in [0.25, 0.3) is 0 Å². The van der Waals surface area contributed by atoms with Crippen molar-refractivity contribution in [2.45, 2.75) is 46.1 Å². The highest BCUT2D eigenvalue weighted by atomic mass is 32.1. The van der Waals surface area contributed by atoms with Gasteiger partial charge in [-0.1, -0.05) is 20.8 Å². The van der Waals surface area contributed by atoms with Gasteiger partial charge in [0.25, 0.3) is 0 Å². The smallest absolute Gasteiger partial charge is 0.349 e. The standard InChI is InChI=1S/C12H18O3S/c1-4-8(5-2)15-10-7-9(6-3)16-11(10)12(13)14/h7-8H,4-6H2,1-3H3,(H,13,14). The van der Waals surface area contributed by atoms with Crippen molar-refractivity contribution in [2.24, 2.45) is 0 Å². The molecule has 0 atom stereocenters. The average Bonchev–Trinajstić information content (AvgIpc) is 2.69. The second-order valence-electron chi connectivity index (χ2n) is 3.62. The van der Waals surface area contributed by atoms with Gasteiger partial charge < -0.3 is 9.84 Å². The molecule has 0 aliphatic carbocycles. The molecular weight excluding hydrogens is 224 g/mol. The molecule has 0 fully saturated rings. The Balaban J connectivity index is 2.92. The number of carboxylic acid groups (broad SMARTS) is 1. The van der Waals surface area contributed by atoms with Gasteiger partial charge in [-0.05, 0) is 25.3 Å². The summed E-state index contributed by atoms with van der Waals surface area (Å²) < 4.78 is 5.72. The van der Waals surface area contributed by atoms with Crippen LogP contribution in [0, 0.1) is 0 Å². The van der Waals surface area contributed by atoms with Gasteiger partial charge in [-0.25, -0.2) is 4.79 Å². The van der Waals surface area contributed by atoms with E-state index >= 15 is 0 Å². The average molecular weight is 242 g/mol. The molecule has 1 heterocycles. The number of carbonyl (C=O) groups is 1. The van der Waals surface area contributed by atoms with Crippen LogP contribution in [0.15, 0.2) is 6.07 Å². The minimum atomic E-state index is -0.898. The fourth-order valence-corrected chi connectivity index (χ4v) is 2.34. The molecule has 0 aliphatic rings. The summed E-state index contributed by atoms with van der Waals surface area (Å²) in [5.41, 5.74) is 0. The summed E-state index contributed by atoms with van der Waals surface area (Å²) in [5.74, 6) is -0.367. The number of hydrogen-bond acceptors (Lipinski definition) is 3. The van der Waals surface area contributed by atoms with E-state index in [2.05, 4.69) is 0 Å². The SMILES string of the molecule is CCc1cc(OC(CC)CC)c(C(=O)O)s1. The molecule has 0 unspecified atom stereocenters. The normalized spacial score (nSPS) is 10.8. The summed E-state index contributed by atoms with van der Waals surface area (Å²) >= 11 is 1.31. The zero-order valence-electron chi connectivity index (χ0n) is 9.95. The van der Waals surface area contributed by atoms with Crippen LogP contribution in [0.4, 0.5) is 0 Å². The van der Waals surface area contributed by atoms with E-state index in [1.807, 2.05) is 26.8 Å². The Morgan fingerprint density at radius 1 is 1.44 bits per heavy atom. The monoisotopic (exact) mass is 242 g/mol. The van der Waals surface area contributed by atoms with Crippen molar-refractivity contribution in [3.63, 3.8) is 0 Å². The lowest BCUT2D eigenvalue weighted by atomic mass is 10.2. The molecule has 0 spiro atoms. The second kappa shape index (κ2) is 5.89. The number of aryl methyl sites for hydroxylation is 1. The first kappa shape index (κ1) is 13.0. The van der Waals surface area contributed by atoms with Gasteiger partial charge in [0.15, 0.2) is 4.88 Å². The zero-order valence-corrected chi connectivity index (χ0v) is 10.8. The first-order valence-corrected chi connectivity index (χ1v) is 6.46. The third kappa shape index (κ3) is 2.98. The predicted molar refractivity (Wildman–Crippen MR) is 65.7 cm³/mol. The van der Waals surface area contributed by atoms with Crippen molar-refractivity contribution >= 4 is 17.3 Å². The van der Waals surface area contributed by atoms with Gasteiger partial charge in [0.2, 0.25) is 0 Å². The summed E-state index contributed by atoms with van der Waals surface area (Å²) in [6.07, 6.45) is 2.74. The first-order chi connectivity index (χ1) is 7.62. The van der Waals surface area contributed by atoms with Crippen molar-refractivity contribution in [1.29, 1.82) is 0 Å². The number of aromatic carboxylic acids is 1. The van der Waals surface area contributed by atoms with Crippen LogP contribution >= 0.6 is 11.3 Å². The number of hydrogen-bond donors (Lipinski definition) is 1. The Bertz CT molecular complexity index is 353. The van der Waals surface area contributed by atoms with E-state index in [4.69, 9.17) is 9.84 Å². The van der Waals surface area contributed by atoms with Gasteiger partial charge >= 0.3 is 5.97 Å². The van der Waals surface area contributed by atoms with E-state index in [0.29, 0.717) is 10.6 Å². The second-order valence-corrected chi connectivity index (χ2v) is 4.76. The molecule has 0 radical (unpaired) electrons. The molecule has 0 bridgehead atoms. The van der Waals surface area contributed by atoms with Gasteiger partial charge in [0.05, 0.1) is 6.10 Å². The summed E-state index contributed by atoms with van der Waals surface area (Å²) in [4.78, 5) is 12.4. The topological polar surface area (TPSA) is 46.5 Å². The van der Waals surface area contributed by atoms with Crippen molar-refractivity contribution in [1.82, 2.24) is 0 Å². The molecule has 0 aromatic carbocycles. The molecule has 3 nitrogen and oxygen atoms in total. The van der Waals surface area contributed by atoms with Crippen LogP contribution in [0.5, 0.6) is 5.75 Å². The van der Waals surface area contributed by atoms with E-state index in [1.165, 1.54) is 11.3 Å². The van der Waals surface area contributed by atoms with Crippen LogP contribution in [0.1, 0.15) is 48.2 Å². The molecule has 16 heavy (non-hydrogen) atoms.